The van der Waals surface area contributed by atoms with E-state index in [1.165, 1.54) is 128 Å². The summed E-state index contributed by atoms with van der Waals surface area (Å²) in [6.45, 7) is 4.54. The number of carboxylic acids is 1. The van der Waals surface area contributed by atoms with Gasteiger partial charge in [0.15, 0.2) is 0 Å². The van der Waals surface area contributed by atoms with Crippen molar-refractivity contribution in [3.8, 4) is 0 Å². The molecule has 0 aliphatic heterocycles. The summed E-state index contributed by atoms with van der Waals surface area (Å²) in [7, 11) is 0. The highest BCUT2D eigenvalue weighted by Crippen LogP contribution is 2.19. The Labute approximate surface area is 268 Å². The Morgan fingerprint density at radius 1 is 0.488 bits per heavy atom. The van der Waals surface area contributed by atoms with Gasteiger partial charge in [-0.15, -0.1) is 0 Å². The second kappa shape index (κ2) is 35.2. The zero-order valence-corrected chi connectivity index (χ0v) is 29.0. The summed E-state index contributed by atoms with van der Waals surface area (Å²) in [6, 6.07) is 0. The summed E-state index contributed by atoms with van der Waals surface area (Å²) in [5.74, 6) is -0.702. The molecule has 0 fully saturated rings. The van der Waals surface area contributed by atoms with Crippen LogP contribution in [-0.2, 0) is 14.3 Å². The molecule has 43 heavy (non-hydrogen) atoms. The van der Waals surface area contributed by atoms with Gasteiger partial charge >= 0.3 is 11.9 Å². The van der Waals surface area contributed by atoms with Gasteiger partial charge in [0, 0.05) is 12.8 Å². The van der Waals surface area contributed by atoms with E-state index >= 15 is 0 Å². The van der Waals surface area contributed by atoms with Crippen molar-refractivity contribution in [2.75, 3.05) is 0 Å². The SMILES string of the molecule is CCCCCCC/C=C\CCCCCCCC(=O)OC(CCCCCCCCCCCCC)CCCCCCCC(=O)O. The average molecular weight is 607 g/mol. The molecule has 0 bridgehead atoms. The second-order valence-corrected chi connectivity index (χ2v) is 13.1. The van der Waals surface area contributed by atoms with E-state index in [1.54, 1.807) is 0 Å². The molecule has 254 valence electrons. The van der Waals surface area contributed by atoms with Crippen LogP contribution in [0.25, 0.3) is 0 Å². The number of rotatable bonds is 35. The number of esters is 1. The molecule has 0 heterocycles. The molecular weight excluding hydrogens is 532 g/mol. The van der Waals surface area contributed by atoms with Crippen molar-refractivity contribution < 1.29 is 19.4 Å². The summed E-state index contributed by atoms with van der Waals surface area (Å²) in [4.78, 5) is 23.3. The predicted octanol–water partition coefficient (Wildman–Crippen LogP) is 13.1. The number of carboxylic acid groups (broad SMARTS) is 1. The first-order valence-electron chi connectivity index (χ1n) is 19.2. The van der Waals surface area contributed by atoms with E-state index in [4.69, 9.17) is 9.84 Å². The lowest BCUT2D eigenvalue weighted by atomic mass is 10.0. The van der Waals surface area contributed by atoms with Gasteiger partial charge in [0.25, 0.3) is 0 Å². The Hall–Kier alpha value is -1.32. The minimum atomic E-state index is -0.699. The second-order valence-electron chi connectivity index (χ2n) is 13.1. The van der Waals surface area contributed by atoms with Crippen molar-refractivity contribution in [2.24, 2.45) is 0 Å². The predicted molar refractivity (Wildman–Crippen MR) is 186 cm³/mol. The van der Waals surface area contributed by atoms with E-state index in [2.05, 4.69) is 26.0 Å². The monoisotopic (exact) mass is 607 g/mol. The Morgan fingerprint density at radius 3 is 1.26 bits per heavy atom. The smallest absolute Gasteiger partial charge is 0.306 e. The first-order chi connectivity index (χ1) is 21.1. The van der Waals surface area contributed by atoms with Crippen molar-refractivity contribution in [2.45, 2.75) is 225 Å². The van der Waals surface area contributed by atoms with Crippen LogP contribution in [0.2, 0.25) is 0 Å². The number of unbranched alkanes of at least 4 members (excludes halogenated alkanes) is 24. The Balaban J connectivity index is 4.03. The number of allylic oxidation sites excluding steroid dienone is 2. The maximum atomic E-state index is 12.6. The fraction of sp³-hybridized carbons (Fsp3) is 0.897. The van der Waals surface area contributed by atoms with E-state index in [0.29, 0.717) is 6.42 Å². The molecule has 0 aliphatic rings. The number of aliphatic carboxylic acids is 1. The third kappa shape index (κ3) is 35.0. The molecule has 0 rings (SSSR count). The van der Waals surface area contributed by atoms with Crippen LogP contribution in [0.15, 0.2) is 12.2 Å². The summed E-state index contributed by atoms with van der Waals surface area (Å²) >= 11 is 0. The van der Waals surface area contributed by atoms with Crippen molar-refractivity contribution in [3.05, 3.63) is 12.2 Å². The van der Waals surface area contributed by atoms with E-state index in [1.807, 2.05) is 0 Å². The molecule has 1 unspecified atom stereocenters. The highest BCUT2D eigenvalue weighted by Gasteiger charge is 2.14. The maximum absolute atomic E-state index is 12.6. The molecule has 0 saturated heterocycles. The van der Waals surface area contributed by atoms with Crippen LogP contribution in [-0.4, -0.2) is 23.1 Å². The van der Waals surface area contributed by atoms with Crippen LogP contribution < -0.4 is 0 Å². The van der Waals surface area contributed by atoms with Gasteiger partial charge in [0.2, 0.25) is 0 Å². The molecule has 0 aromatic rings. The average Bonchev–Trinajstić information content (AvgIpc) is 2.99. The zero-order valence-electron chi connectivity index (χ0n) is 29.0. The van der Waals surface area contributed by atoms with E-state index in [9.17, 15) is 9.59 Å². The van der Waals surface area contributed by atoms with Gasteiger partial charge in [0.05, 0.1) is 0 Å². The summed E-state index contributed by atoms with van der Waals surface area (Å²) in [6.07, 6.45) is 42.2. The quantitative estimate of drug-likeness (QED) is 0.0443. The number of hydrogen-bond acceptors (Lipinski definition) is 3. The van der Waals surface area contributed by atoms with Gasteiger partial charge in [-0.05, 0) is 64.2 Å². The molecule has 0 amide bonds. The molecule has 0 aromatic heterocycles. The van der Waals surface area contributed by atoms with Crippen molar-refractivity contribution in [1.29, 1.82) is 0 Å². The normalized spacial score (nSPS) is 12.2. The van der Waals surface area contributed by atoms with Gasteiger partial charge in [-0.1, -0.05) is 154 Å². The number of carbonyl (C=O) groups is 2. The van der Waals surface area contributed by atoms with Gasteiger partial charge in [-0.2, -0.15) is 0 Å². The molecule has 0 radical (unpaired) electrons. The fourth-order valence-corrected chi connectivity index (χ4v) is 5.89. The number of carbonyl (C=O) groups excluding carboxylic acids is 1. The summed E-state index contributed by atoms with van der Waals surface area (Å²) in [5.41, 5.74) is 0. The van der Waals surface area contributed by atoms with Gasteiger partial charge in [-0.25, -0.2) is 0 Å². The van der Waals surface area contributed by atoms with E-state index < -0.39 is 5.97 Å². The van der Waals surface area contributed by atoms with Crippen LogP contribution in [0, 0.1) is 0 Å². The number of ether oxygens (including phenoxy) is 1. The van der Waals surface area contributed by atoms with Crippen LogP contribution in [0.1, 0.15) is 219 Å². The van der Waals surface area contributed by atoms with E-state index in [-0.39, 0.29) is 18.5 Å². The Morgan fingerprint density at radius 2 is 0.837 bits per heavy atom. The van der Waals surface area contributed by atoms with Crippen molar-refractivity contribution in [1.82, 2.24) is 0 Å². The molecule has 4 nitrogen and oxygen atoms in total. The molecule has 0 spiro atoms. The van der Waals surface area contributed by atoms with Crippen molar-refractivity contribution >= 4 is 11.9 Å². The zero-order chi connectivity index (χ0) is 31.5. The molecular formula is C39H74O4. The lowest BCUT2D eigenvalue weighted by Gasteiger charge is -2.18. The lowest BCUT2D eigenvalue weighted by molar-refractivity contribution is -0.150. The van der Waals surface area contributed by atoms with Crippen molar-refractivity contribution in [3.63, 3.8) is 0 Å². The third-order valence-corrected chi connectivity index (χ3v) is 8.74. The topological polar surface area (TPSA) is 63.6 Å². The largest absolute Gasteiger partial charge is 0.481 e. The van der Waals surface area contributed by atoms with Gasteiger partial charge in [0.1, 0.15) is 6.10 Å². The first kappa shape index (κ1) is 41.7. The minimum absolute atomic E-state index is 0.00333. The van der Waals surface area contributed by atoms with Crippen LogP contribution in [0.5, 0.6) is 0 Å². The highest BCUT2D eigenvalue weighted by molar-refractivity contribution is 5.69. The molecule has 0 aromatic carbocycles. The van der Waals surface area contributed by atoms with Crippen LogP contribution in [0.3, 0.4) is 0 Å². The van der Waals surface area contributed by atoms with Gasteiger partial charge in [-0.3, -0.25) is 9.59 Å². The molecule has 1 atom stereocenters. The Kier molecular flexibility index (Phi) is 34.1. The summed E-state index contributed by atoms with van der Waals surface area (Å²) < 4.78 is 5.99. The maximum Gasteiger partial charge on any atom is 0.306 e. The molecule has 1 N–H and O–H groups in total. The third-order valence-electron chi connectivity index (χ3n) is 8.74. The lowest BCUT2D eigenvalue weighted by Crippen LogP contribution is -2.18. The molecule has 0 aliphatic carbocycles. The highest BCUT2D eigenvalue weighted by atomic mass is 16.5. The minimum Gasteiger partial charge on any atom is -0.481 e. The molecule has 4 heteroatoms. The Bertz CT molecular complexity index is 614. The van der Waals surface area contributed by atoms with Crippen LogP contribution in [0.4, 0.5) is 0 Å². The standard InChI is InChI=1S/C39H74O4/c1-3-5-7-9-11-13-15-16-17-19-21-23-28-32-36-39(42)43-37(34-30-26-24-27-31-35-38(40)41)33-29-25-22-20-18-14-12-10-8-6-4-2/h15-16,37H,3-14,17-36H2,1-2H3,(H,40,41)/b16-15-. The first-order valence-corrected chi connectivity index (χ1v) is 19.2. The van der Waals surface area contributed by atoms with Crippen LogP contribution >= 0.6 is 0 Å². The number of hydrogen-bond donors (Lipinski definition) is 1. The fourth-order valence-electron chi connectivity index (χ4n) is 5.89. The summed E-state index contributed by atoms with van der Waals surface area (Å²) in [5, 5.41) is 8.80. The van der Waals surface area contributed by atoms with E-state index in [0.717, 1.165) is 64.2 Å². The molecule has 0 saturated carbocycles. The van der Waals surface area contributed by atoms with Gasteiger partial charge < -0.3 is 9.84 Å².